The summed E-state index contributed by atoms with van der Waals surface area (Å²) >= 11 is 12.3. The third kappa shape index (κ3) is 5.14. The van der Waals surface area contributed by atoms with Gasteiger partial charge in [0.1, 0.15) is 11.8 Å². The molecule has 2 aromatic rings. The van der Waals surface area contributed by atoms with Crippen molar-refractivity contribution in [3.63, 3.8) is 0 Å². The molecule has 1 aromatic carbocycles. The van der Waals surface area contributed by atoms with E-state index in [0.29, 0.717) is 40.9 Å². The smallest absolute Gasteiger partial charge is 0.330 e. The number of halogens is 2. The standard InChI is InChI=1S/C20H21Cl2N3O3/c1-14-17(8-9-19(27)28-12-11-24-10-2-3-18(24)26)20(22)25(23-14)13-15-4-6-16(21)7-5-15/h4-9H,2-3,10-13H2,1H3. The normalized spacial score (nSPS) is 14.2. The van der Waals surface area contributed by atoms with Crippen molar-refractivity contribution in [3.05, 3.63) is 57.3 Å². The number of carbonyl (C=O) groups is 2. The number of aromatic nitrogens is 2. The number of hydrogen-bond donors (Lipinski definition) is 0. The molecule has 2 heterocycles. The van der Waals surface area contributed by atoms with Crippen LogP contribution in [0.1, 0.15) is 29.7 Å². The highest BCUT2D eigenvalue weighted by Crippen LogP contribution is 2.23. The highest BCUT2D eigenvalue weighted by atomic mass is 35.5. The van der Waals surface area contributed by atoms with Crippen molar-refractivity contribution in [3.8, 4) is 0 Å². The number of ether oxygens (including phenoxy) is 1. The van der Waals surface area contributed by atoms with Gasteiger partial charge in [-0.3, -0.25) is 4.79 Å². The Morgan fingerprint density at radius 3 is 2.71 bits per heavy atom. The predicted octanol–water partition coefficient (Wildman–Crippen LogP) is 3.73. The molecule has 1 fully saturated rings. The van der Waals surface area contributed by atoms with Crippen molar-refractivity contribution >= 4 is 41.2 Å². The maximum Gasteiger partial charge on any atom is 0.330 e. The lowest BCUT2D eigenvalue weighted by atomic mass is 10.2. The zero-order valence-corrected chi connectivity index (χ0v) is 17.0. The van der Waals surface area contributed by atoms with Crippen LogP contribution in [0.3, 0.4) is 0 Å². The quantitative estimate of drug-likeness (QED) is 0.504. The molecular weight excluding hydrogens is 401 g/mol. The van der Waals surface area contributed by atoms with Crippen LogP contribution in [0.25, 0.3) is 6.08 Å². The first kappa shape index (κ1) is 20.4. The van der Waals surface area contributed by atoms with Crippen molar-refractivity contribution in [2.75, 3.05) is 19.7 Å². The molecule has 0 atom stereocenters. The highest BCUT2D eigenvalue weighted by Gasteiger charge is 2.19. The van der Waals surface area contributed by atoms with E-state index in [9.17, 15) is 9.59 Å². The first-order valence-electron chi connectivity index (χ1n) is 9.04. The molecule has 6 nitrogen and oxygen atoms in total. The van der Waals surface area contributed by atoms with E-state index in [4.69, 9.17) is 27.9 Å². The number of hydrogen-bond acceptors (Lipinski definition) is 4. The number of rotatable bonds is 7. The van der Waals surface area contributed by atoms with Gasteiger partial charge in [-0.25, -0.2) is 9.48 Å². The van der Waals surface area contributed by atoms with Crippen LogP contribution in [0.2, 0.25) is 10.2 Å². The number of esters is 1. The molecule has 0 radical (unpaired) electrons. The van der Waals surface area contributed by atoms with Crippen LogP contribution >= 0.6 is 23.2 Å². The van der Waals surface area contributed by atoms with Gasteiger partial charge in [0.15, 0.2) is 0 Å². The van der Waals surface area contributed by atoms with E-state index in [2.05, 4.69) is 5.10 Å². The fourth-order valence-corrected chi connectivity index (χ4v) is 3.44. The molecule has 0 aliphatic carbocycles. The second kappa shape index (κ2) is 9.26. The highest BCUT2D eigenvalue weighted by molar-refractivity contribution is 6.31. The van der Waals surface area contributed by atoms with E-state index < -0.39 is 5.97 Å². The van der Waals surface area contributed by atoms with Crippen molar-refractivity contribution in [2.45, 2.75) is 26.3 Å². The zero-order valence-electron chi connectivity index (χ0n) is 15.5. The lowest BCUT2D eigenvalue weighted by molar-refractivity contribution is -0.139. The van der Waals surface area contributed by atoms with E-state index in [1.807, 2.05) is 31.2 Å². The molecule has 28 heavy (non-hydrogen) atoms. The summed E-state index contributed by atoms with van der Waals surface area (Å²) in [5.41, 5.74) is 2.40. The van der Waals surface area contributed by atoms with E-state index in [1.165, 1.54) is 6.08 Å². The maximum absolute atomic E-state index is 11.9. The monoisotopic (exact) mass is 421 g/mol. The first-order valence-corrected chi connectivity index (χ1v) is 9.79. The number of likely N-dealkylation sites (tertiary alicyclic amines) is 1. The Labute approximate surface area is 173 Å². The van der Waals surface area contributed by atoms with Crippen molar-refractivity contribution in [1.82, 2.24) is 14.7 Å². The van der Waals surface area contributed by atoms with E-state index in [0.717, 1.165) is 18.5 Å². The molecule has 1 aromatic heterocycles. The van der Waals surface area contributed by atoms with Gasteiger partial charge in [-0.05, 0) is 37.1 Å². The first-order chi connectivity index (χ1) is 13.4. The number of amides is 1. The van der Waals surface area contributed by atoms with Crippen LogP contribution in [0.5, 0.6) is 0 Å². The molecule has 148 valence electrons. The van der Waals surface area contributed by atoms with Gasteiger partial charge in [0.2, 0.25) is 5.91 Å². The lowest BCUT2D eigenvalue weighted by Crippen LogP contribution is -2.29. The molecule has 0 bridgehead atoms. The molecule has 8 heteroatoms. The summed E-state index contributed by atoms with van der Waals surface area (Å²) < 4.78 is 6.84. The largest absolute Gasteiger partial charge is 0.461 e. The van der Waals surface area contributed by atoms with Crippen LogP contribution in [0.15, 0.2) is 30.3 Å². The molecular formula is C20H21Cl2N3O3. The van der Waals surface area contributed by atoms with Gasteiger partial charge in [0.25, 0.3) is 0 Å². The van der Waals surface area contributed by atoms with Gasteiger partial charge in [0.05, 0.1) is 18.8 Å². The second-order valence-electron chi connectivity index (χ2n) is 6.56. The summed E-state index contributed by atoms with van der Waals surface area (Å²) in [5.74, 6) is -0.366. The average Bonchev–Trinajstić information content (AvgIpc) is 3.18. The fraction of sp³-hybridized carbons (Fsp3) is 0.350. The molecule has 0 N–H and O–H groups in total. The third-order valence-corrected chi connectivity index (χ3v) is 5.17. The topological polar surface area (TPSA) is 64.4 Å². The van der Waals surface area contributed by atoms with Crippen molar-refractivity contribution in [2.24, 2.45) is 0 Å². The average molecular weight is 422 g/mol. The van der Waals surface area contributed by atoms with Gasteiger partial charge < -0.3 is 9.64 Å². The van der Waals surface area contributed by atoms with Gasteiger partial charge in [0, 0.05) is 29.6 Å². The van der Waals surface area contributed by atoms with Crippen molar-refractivity contribution in [1.29, 1.82) is 0 Å². The molecule has 3 rings (SSSR count). The van der Waals surface area contributed by atoms with Gasteiger partial charge in [-0.2, -0.15) is 5.10 Å². The van der Waals surface area contributed by atoms with E-state index >= 15 is 0 Å². The fourth-order valence-electron chi connectivity index (χ4n) is 3.02. The Balaban J connectivity index is 1.57. The maximum atomic E-state index is 11.9. The molecule has 0 unspecified atom stereocenters. The minimum atomic E-state index is -0.479. The summed E-state index contributed by atoms with van der Waals surface area (Å²) in [5, 5.41) is 5.55. The Kier molecular flexibility index (Phi) is 6.75. The van der Waals surface area contributed by atoms with E-state index in [1.54, 1.807) is 15.7 Å². The Morgan fingerprint density at radius 2 is 2.04 bits per heavy atom. The molecule has 1 aliphatic heterocycles. The van der Waals surface area contributed by atoms with Crippen LogP contribution in [-0.4, -0.2) is 46.3 Å². The van der Waals surface area contributed by atoms with Gasteiger partial charge in [-0.15, -0.1) is 0 Å². The summed E-state index contributed by atoms with van der Waals surface area (Å²) in [6, 6.07) is 7.45. The summed E-state index contributed by atoms with van der Waals surface area (Å²) in [6.07, 6.45) is 4.37. The molecule has 0 spiro atoms. The van der Waals surface area contributed by atoms with Gasteiger partial charge >= 0.3 is 5.97 Å². The van der Waals surface area contributed by atoms with Crippen molar-refractivity contribution < 1.29 is 14.3 Å². The Morgan fingerprint density at radius 1 is 1.29 bits per heavy atom. The lowest BCUT2D eigenvalue weighted by Gasteiger charge is -2.14. The molecule has 0 saturated carbocycles. The van der Waals surface area contributed by atoms with Gasteiger partial charge in [-0.1, -0.05) is 35.3 Å². The number of nitrogens with zero attached hydrogens (tertiary/aromatic N) is 3. The predicted molar refractivity (Wildman–Crippen MR) is 108 cm³/mol. The number of benzene rings is 1. The number of carbonyl (C=O) groups excluding carboxylic acids is 2. The number of aryl methyl sites for hydroxylation is 1. The van der Waals surface area contributed by atoms with Crippen LogP contribution in [0, 0.1) is 6.92 Å². The Hall–Kier alpha value is -2.31. The summed E-state index contributed by atoms with van der Waals surface area (Å²) in [7, 11) is 0. The second-order valence-corrected chi connectivity index (χ2v) is 7.35. The van der Waals surface area contributed by atoms with Crippen LogP contribution in [0.4, 0.5) is 0 Å². The molecule has 1 saturated heterocycles. The minimum Gasteiger partial charge on any atom is -0.461 e. The third-order valence-electron chi connectivity index (χ3n) is 4.52. The SMILES string of the molecule is Cc1nn(Cc2ccc(Cl)cc2)c(Cl)c1C=CC(=O)OCCN1CCCC1=O. The van der Waals surface area contributed by atoms with E-state index in [-0.39, 0.29) is 12.5 Å². The molecule has 1 amide bonds. The summed E-state index contributed by atoms with van der Waals surface area (Å²) in [4.78, 5) is 25.2. The van der Waals surface area contributed by atoms with Crippen LogP contribution in [-0.2, 0) is 20.9 Å². The minimum absolute atomic E-state index is 0.113. The van der Waals surface area contributed by atoms with Crippen LogP contribution < -0.4 is 0 Å². The molecule has 1 aliphatic rings. The zero-order chi connectivity index (χ0) is 20.1. The Bertz CT molecular complexity index is 891. The summed E-state index contributed by atoms with van der Waals surface area (Å²) in [6.45, 7) is 3.66.